The van der Waals surface area contributed by atoms with Crippen LogP contribution in [0.5, 0.6) is 0 Å². The zero-order chi connectivity index (χ0) is 24.1. The van der Waals surface area contributed by atoms with Gasteiger partial charge in [0.25, 0.3) is 0 Å². The van der Waals surface area contributed by atoms with Gasteiger partial charge in [0.15, 0.2) is 18.9 Å². The standard InChI is InChI=1S/C24H51O7P/c1-7-13-16-19-26-22(10-4)29-32(25,30-23(11-5)27-20-17-14-8-2)31-24(12-6)28-21-18-15-9-3/h22-24H,7-21H2,1-6H3. The maximum atomic E-state index is 13.7. The minimum atomic E-state index is -3.98. The Kier molecular flexibility index (Phi) is 21.5. The van der Waals surface area contributed by atoms with Gasteiger partial charge in [-0.2, -0.15) is 0 Å². The van der Waals surface area contributed by atoms with E-state index >= 15 is 0 Å². The number of phosphoric ester groups is 1. The van der Waals surface area contributed by atoms with Crippen molar-refractivity contribution in [1.82, 2.24) is 0 Å². The van der Waals surface area contributed by atoms with Gasteiger partial charge in [0.2, 0.25) is 0 Å². The smallest absolute Gasteiger partial charge is 0.352 e. The number of hydrogen-bond donors (Lipinski definition) is 0. The lowest BCUT2D eigenvalue weighted by molar-refractivity contribution is -0.161. The molecule has 0 aromatic rings. The Labute approximate surface area is 197 Å². The molecule has 3 atom stereocenters. The van der Waals surface area contributed by atoms with Crippen molar-refractivity contribution in [3.05, 3.63) is 0 Å². The molecule has 32 heavy (non-hydrogen) atoms. The van der Waals surface area contributed by atoms with E-state index in [-0.39, 0.29) is 0 Å². The Morgan fingerprint density at radius 1 is 0.500 bits per heavy atom. The molecule has 0 aliphatic heterocycles. The molecule has 0 fully saturated rings. The van der Waals surface area contributed by atoms with E-state index in [1.807, 2.05) is 20.8 Å². The van der Waals surface area contributed by atoms with Gasteiger partial charge in [0.05, 0.1) is 0 Å². The van der Waals surface area contributed by atoms with Crippen LogP contribution in [0.4, 0.5) is 0 Å². The summed E-state index contributed by atoms with van der Waals surface area (Å²) in [6.45, 7) is 13.8. The fourth-order valence-electron chi connectivity index (χ4n) is 2.88. The topological polar surface area (TPSA) is 72.5 Å². The molecule has 8 heteroatoms. The fraction of sp³-hybridized carbons (Fsp3) is 1.00. The molecule has 0 aromatic carbocycles. The highest BCUT2D eigenvalue weighted by molar-refractivity contribution is 7.48. The first-order valence-corrected chi connectivity index (χ1v) is 14.4. The highest BCUT2D eigenvalue weighted by atomic mass is 31.2. The summed E-state index contributed by atoms with van der Waals surface area (Å²) in [5, 5.41) is 0. The van der Waals surface area contributed by atoms with Crippen LogP contribution in [-0.4, -0.2) is 38.7 Å². The molecule has 0 heterocycles. The zero-order valence-electron chi connectivity index (χ0n) is 21.6. The van der Waals surface area contributed by atoms with Crippen LogP contribution in [0.25, 0.3) is 0 Å². The summed E-state index contributed by atoms with van der Waals surface area (Å²) in [6, 6.07) is 0. The molecular formula is C24H51O7P. The van der Waals surface area contributed by atoms with Gasteiger partial charge in [-0.05, 0) is 38.5 Å². The average molecular weight is 483 g/mol. The first kappa shape index (κ1) is 32.0. The normalized spacial score (nSPS) is 16.6. The van der Waals surface area contributed by atoms with Gasteiger partial charge >= 0.3 is 7.82 Å². The van der Waals surface area contributed by atoms with Crippen molar-refractivity contribution in [2.24, 2.45) is 0 Å². The largest absolute Gasteiger partial charge is 0.481 e. The van der Waals surface area contributed by atoms with E-state index in [2.05, 4.69) is 20.8 Å². The second-order valence-electron chi connectivity index (χ2n) is 8.01. The second kappa shape index (κ2) is 21.5. The number of phosphoric acid groups is 1. The van der Waals surface area contributed by atoms with Gasteiger partial charge in [0.1, 0.15) is 0 Å². The van der Waals surface area contributed by atoms with Gasteiger partial charge in [-0.3, -0.25) is 13.6 Å². The lowest BCUT2D eigenvalue weighted by Gasteiger charge is -2.29. The predicted molar refractivity (Wildman–Crippen MR) is 130 cm³/mol. The molecule has 0 aromatic heterocycles. The molecule has 0 aliphatic rings. The van der Waals surface area contributed by atoms with Crippen molar-refractivity contribution in [3.63, 3.8) is 0 Å². The van der Waals surface area contributed by atoms with Gasteiger partial charge in [-0.25, -0.2) is 4.57 Å². The fourth-order valence-corrected chi connectivity index (χ4v) is 4.52. The van der Waals surface area contributed by atoms with Crippen molar-refractivity contribution in [3.8, 4) is 0 Å². The van der Waals surface area contributed by atoms with E-state index < -0.39 is 26.7 Å². The lowest BCUT2D eigenvalue weighted by Crippen LogP contribution is -2.25. The summed E-state index contributed by atoms with van der Waals surface area (Å²) in [5.41, 5.74) is 0. The van der Waals surface area contributed by atoms with E-state index in [1.54, 1.807) is 0 Å². The Bertz CT molecular complexity index is 388. The summed E-state index contributed by atoms with van der Waals surface area (Å²) >= 11 is 0. The van der Waals surface area contributed by atoms with Crippen LogP contribution in [-0.2, 0) is 32.3 Å². The average Bonchev–Trinajstić information content (AvgIpc) is 2.80. The number of rotatable bonds is 24. The Balaban J connectivity index is 5.14. The van der Waals surface area contributed by atoms with E-state index in [0.717, 1.165) is 57.8 Å². The predicted octanol–water partition coefficient (Wildman–Crippen LogP) is 7.97. The molecule has 3 unspecified atom stereocenters. The molecule has 0 N–H and O–H groups in total. The van der Waals surface area contributed by atoms with Crippen LogP contribution in [0, 0.1) is 0 Å². The van der Waals surface area contributed by atoms with Crippen molar-refractivity contribution >= 4 is 7.82 Å². The van der Waals surface area contributed by atoms with Crippen LogP contribution in [0.3, 0.4) is 0 Å². The van der Waals surface area contributed by atoms with E-state index in [0.29, 0.717) is 39.1 Å². The zero-order valence-corrected chi connectivity index (χ0v) is 22.5. The molecule has 194 valence electrons. The van der Waals surface area contributed by atoms with Crippen LogP contribution in [0.1, 0.15) is 119 Å². The Hall–Kier alpha value is -0.0100. The minimum Gasteiger partial charge on any atom is -0.352 e. The summed E-state index contributed by atoms with van der Waals surface area (Å²) in [6.07, 6.45) is 8.91. The molecule has 7 nitrogen and oxygen atoms in total. The van der Waals surface area contributed by atoms with Crippen molar-refractivity contribution in [2.75, 3.05) is 19.8 Å². The monoisotopic (exact) mass is 482 g/mol. The third-order valence-electron chi connectivity index (χ3n) is 4.89. The molecule has 0 radical (unpaired) electrons. The van der Waals surface area contributed by atoms with Gasteiger partial charge in [-0.15, -0.1) is 0 Å². The summed E-state index contributed by atoms with van der Waals surface area (Å²) in [7, 11) is -3.98. The molecule has 0 rings (SSSR count). The van der Waals surface area contributed by atoms with Gasteiger partial charge < -0.3 is 14.2 Å². The number of hydrogen-bond acceptors (Lipinski definition) is 7. The first-order valence-electron chi connectivity index (χ1n) is 13.0. The molecule has 0 amide bonds. The molecule has 0 saturated carbocycles. The third-order valence-corrected chi connectivity index (χ3v) is 6.37. The minimum absolute atomic E-state index is 0.533. The van der Waals surface area contributed by atoms with Crippen molar-refractivity contribution in [1.29, 1.82) is 0 Å². The highest BCUT2D eigenvalue weighted by Crippen LogP contribution is 2.54. The van der Waals surface area contributed by atoms with E-state index in [9.17, 15) is 4.57 Å². The van der Waals surface area contributed by atoms with Crippen molar-refractivity contribution < 1.29 is 32.3 Å². The quantitative estimate of drug-likeness (QED) is 0.0784. The summed E-state index contributed by atoms with van der Waals surface area (Å²) in [5.74, 6) is 0. The molecule has 0 saturated heterocycles. The number of ether oxygens (including phenoxy) is 3. The third kappa shape index (κ3) is 16.6. The SMILES string of the molecule is CCCCCOC(CC)OP(=O)(OC(CC)OCCCCC)OC(CC)OCCCCC. The number of unbranched alkanes of at least 4 members (excludes halogenated alkanes) is 6. The molecule has 0 aliphatic carbocycles. The van der Waals surface area contributed by atoms with Gasteiger partial charge in [0, 0.05) is 19.8 Å². The van der Waals surface area contributed by atoms with Crippen LogP contribution in [0.15, 0.2) is 0 Å². The molecule has 0 bridgehead atoms. The second-order valence-corrected chi connectivity index (χ2v) is 9.54. The highest BCUT2D eigenvalue weighted by Gasteiger charge is 2.37. The van der Waals surface area contributed by atoms with Crippen molar-refractivity contribution in [2.45, 2.75) is 137 Å². The van der Waals surface area contributed by atoms with Crippen LogP contribution >= 0.6 is 7.82 Å². The first-order chi connectivity index (χ1) is 15.5. The van der Waals surface area contributed by atoms with Crippen LogP contribution < -0.4 is 0 Å². The maximum absolute atomic E-state index is 13.7. The summed E-state index contributed by atoms with van der Waals surface area (Å²) < 4.78 is 48.6. The van der Waals surface area contributed by atoms with E-state index in [1.165, 1.54) is 0 Å². The van der Waals surface area contributed by atoms with Gasteiger partial charge in [-0.1, -0.05) is 80.1 Å². The maximum Gasteiger partial charge on any atom is 0.481 e. The lowest BCUT2D eigenvalue weighted by atomic mass is 10.3. The Morgan fingerprint density at radius 2 is 0.781 bits per heavy atom. The molecular weight excluding hydrogens is 431 g/mol. The van der Waals surface area contributed by atoms with Crippen LogP contribution in [0.2, 0.25) is 0 Å². The summed E-state index contributed by atoms with van der Waals surface area (Å²) in [4.78, 5) is 0. The van der Waals surface area contributed by atoms with E-state index in [4.69, 9.17) is 27.8 Å². The Morgan fingerprint density at radius 3 is 1.00 bits per heavy atom. The molecule has 0 spiro atoms.